The first kappa shape index (κ1) is 25.0. The van der Waals surface area contributed by atoms with Crippen LogP contribution in [0.4, 0.5) is 0 Å². The Morgan fingerprint density at radius 2 is 1.78 bits per heavy atom. The van der Waals surface area contributed by atoms with E-state index in [4.69, 9.17) is 27.9 Å². The highest BCUT2D eigenvalue weighted by atomic mass is 35.5. The van der Waals surface area contributed by atoms with Crippen LogP contribution in [0.1, 0.15) is 60.2 Å². The number of carboxylic acids is 1. The fourth-order valence-corrected chi connectivity index (χ4v) is 8.75. The Morgan fingerprint density at radius 3 is 2.49 bits per heavy atom. The molecule has 37 heavy (non-hydrogen) atoms. The maximum Gasteiger partial charge on any atom is 0.326 e. The molecule has 0 saturated heterocycles. The summed E-state index contributed by atoms with van der Waals surface area (Å²) in [6.45, 7) is 0.204. The van der Waals surface area contributed by atoms with Crippen LogP contribution in [0.2, 0.25) is 10.0 Å². The van der Waals surface area contributed by atoms with Crippen molar-refractivity contribution in [3.05, 3.63) is 63.0 Å². The number of hydrogen-bond acceptors (Lipinski definition) is 4. The molecular formula is C29H29Cl2NO4S. The minimum atomic E-state index is -0.930. The fraction of sp³-hybridized carbons (Fsp3) is 0.448. The van der Waals surface area contributed by atoms with Crippen LogP contribution in [-0.4, -0.2) is 23.0 Å². The van der Waals surface area contributed by atoms with Crippen molar-refractivity contribution >= 4 is 56.5 Å². The summed E-state index contributed by atoms with van der Waals surface area (Å²) in [7, 11) is 0. The number of ether oxygens (including phenoxy) is 1. The highest BCUT2D eigenvalue weighted by Crippen LogP contribution is 2.61. The molecule has 6 rings (SSSR count). The second-order valence-corrected chi connectivity index (χ2v) is 12.9. The smallest absolute Gasteiger partial charge is 0.326 e. The molecule has 5 nitrogen and oxygen atoms in total. The summed E-state index contributed by atoms with van der Waals surface area (Å²) in [6.07, 6.45) is 7.52. The third-order valence-corrected chi connectivity index (χ3v) is 10.8. The van der Waals surface area contributed by atoms with Crippen LogP contribution in [0.15, 0.2) is 42.5 Å². The van der Waals surface area contributed by atoms with Crippen LogP contribution in [0, 0.1) is 23.2 Å². The van der Waals surface area contributed by atoms with Crippen molar-refractivity contribution < 1.29 is 19.4 Å². The number of carbonyl (C=O) groups excluding carboxylic acids is 1. The van der Waals surface area contributed by atoms with Gasteiger partial charge in [-0.25, -0.2) is 4.79 Å². The molecule has 0 radical (unpaired) electrons. The lowest BCUT2D eigenvalue weighted by Gasteiger charge is -2.58. The average molecular weight is 559 g/mol. The van der Waals surface area contributed by atoms with Gasteiger partial charge in [-0.15, -0.1) is 11.3 Å². The molecule has 3 atom stereocenters. The number of amides is 1. The van der Waals surface area contributed by atoms with Crippen molar-refractivity contribution in [3.8, 4) is 5.75 Å². The molecule has 2 N–H and O–H groups in total. The number of hydrogen-bond donors (Lipinski definition) is 2. The number of halogens is 2. The number of rotatable bonds is 7. The monoisotopic (exact) mass is 557 g/mol. The summed E-state index contributed by atoms with van der Waals surface area (Å²) < 4.78 is 7.12. The van der Waals surface area contributed by atoms with Gasteiger partial charge in [0, 0.05) is 15.5 Å². The second-order valence-electron chi connectivity index (χ2n) is 11.0. The van der Waals surface area contributed by atoms with E-state index in [0.717, 1.165) is 41.3 Å². The number of carboxylic acid groups (broad SMARTS) is 1. The van der Waals surface area contributed by atoms with Gasteiger partial charge in [-0.3, -0.25) is 4.79 Å². The Kier molecular flexibility index (Phi) is 6.62. The molecule has 1 heterocycles. The van der Waals surface area contributed by atoms with Gasteiger partial charge in [-0.1, -0.05) is 54.2 Å². The quantitative estimate of drug-likeness (QED) is 0.314. The van der Waals surface area contributed by atoms with Gasteiger partial charge in [0.25, 0.3) is 5.91 Å². The molecule has 3 bridgehead atoms. The number of carbonyl (C=O) groups is 2. The van der Waals surface area contributed by atoms with Gasteiger partial charge in [-0.2, -0.15) is 0 Å². The summed E-state index contributed by atoms with van der Waals surface area (Å²) in [5.41, 5.74) is 0.466. The Balaban J connectivity index is 1.31. The molecule has 2 aromatic carbocycles. The maximum atomic E-state index is 13.8. The minimum Gasteiger partial charge on any atom is -0.487 e. The molecule has 1 aromatic heterocycles. The van der Waals surface area contributed by atoms with Crippen LogP contribution in [-0.2, 0) is 11.4 Å². The van der Waals surface area contributed by atoms with Gasteiger partial charge in [0.1, 0.15) is 17.5 Å². The molecule has 3 fully saturated rings. The molecule has 194 valence electrons. The standard InChI is InChI=1S/C29H29Cl2NO4S/c30-21-10-7-18(12-22(21)31)15-36-24-20-3-1-2-4-23(20)37-25(24)27(33)32-26(28(34)35)29-13-16-5-8-19(29)9-6-17(11-16)14-29/h1-4,7,10,12,16-17,19,26H,5-6,8-9,11,13-15H2,(H,32,33)(H,34,35)/t16?,17?,19?,26-,29?/m1/s1. The number of thiophene rings is 1. The lowest BCUT2D eigenvalue weighted by atomic mass is 9.47. The lowest BCUT2D eigenvalue weighted by molar-refractivity contribution is -0.153. The third kappa shape index (κ3) is 4.51. The minimum absolute atomic E-state index is 0.204. The second kappa shape index (κ2) is 9.79. The zero-order valence-corrected chi connectivity index (χ0v) is 22.7. The lowest BCUT2D eigenvalue weighted by Crippen LogP contribution is -2.61. The van der Waals surface area contributed by atoms with E-state index < -0.39 is 12.0 Å². The van der Waals surface area contributed by atoms with Gasteiger partial charge in [0.05, 0.1) is 10.0 Å². The summed E-state index contributed by atoms with van der Waals surface area (Å²) >= 11 is 13.6. The summed E-state index contributed by atoms with van der Waals surface area (Å²) in [6, 6.07) is 12.1. The van der Waals surface area contributed by atoms with Crippen molar-refractivity contribution in [2.75, 3.05) is 0 Å². The van der Waals surface area contributed by atoms with Crippen LogP contribution >= 0.6 is 34.5 Å². The van der Waals surface area contributed by atoms with Crippen molar-refractivity contribution in [2.24, 2.45) is 23.2 Å². The normalized spacial score (nSPS) is 27.1. The maximum absolute atomic E-state index is 13.8. The number of aliphatic carboxylic acids is 1. The molecule has 2 unspecified atom stereocenters. The van der Waals surface area contributed by atoms with E-state index >= 15 is 0 Å². The van der Waals surface area contributed by atoms with Crippen LogP contribution < -0.4 is 10.1 Å². The van der Waals surface area contributed by atoms with Crippen molar-refractivity contribution in [1.29, 1.82) is 0 Å². The van der Waals surface area contributed by atoms with E-state index in [9.17, 15) is 14.7 Å². The third-order valence-electron chi connectivity index (χ3n) is 8.88. The Morgan fingerprint density at radius 1 is 1.05 bits per heavy atom. The van der Waals surface area contributed by atoms with Gasteiger partial charge in [0.15, 0.2) is 5.75 Å². The molecule has 3 saturated carbocycles. The largest absolute Gasteiger partial charge is 0.487 e. The molecule has 0 spiro atoms. The molecule has 3 aliphatic rings. The Bertz CT molecular complexity index is 1360. The first-order chi connectivity index (χ1) is 17.8. The number of nitrogens with one attached hydrogen (secondary N) is 1. The van der Waals surface area contributed by atoms with Crippen LogP contribution in [0.5, 0.6) is 5.75 Å². The zero-order valence-electron chi connectivity index (χ0n) is 20.3. The summed E-state index contributed by atoms with van der Waals surface area (Å²) in [4.78, 5) is 26.9. The first-order valence-corrected chi connectivity index (χ1v) is 14.5. The van der Waals surface area contributed by atoms with Crippen molar-refractivity contribution in [2.45, 2.75) is 57.6 Å². The predicted octanol–water partition coefficient (Wildman–Crippen LogP) is 7.58. The SMILES string of the molecule is O=C(N[C@H](C(=O)O)C12CC3CCC1CCC(C3)C2)c1sc2ccccc2c1OCc1ccc(Cl)c(Cl)c1. The van der Waals surface area contributed by atoms with E-state index in [2.05, 4.69) is 5.32 Å². The fourth-order valence-electron chi connectivity index (χ4n) is 7.38. The number of benzene rings is 2. The van der Waals surface area contributed by atoms with Gasteiger partial charge in [-0.05, 0) is 79.7 Å². The average Bonchev–Trinajstić information content (AvgIpc) is 3.25. The van der Waals surface area contributed by atoms with Crippen LogP contribution in [0.25, 0.3) is 10.1 Å². The molecule has 1 amide bonds. The van der Waals surface area contributed by atoms with E-state index in [1.165, 1.54) is 30.6 Å². The molecule has 8 heteroatoms. The van der Waals surface area contributed by atoms with Gasteiger partial charge < -0.3 is 15.2 Å². The Hall–Kier alpha value is -2.28. The molecular weight excluding hydrogens is 529 g/mol. The highest BCUT2D eigenvalue weighted by molar-refractivity contribution is 7.21. The summed E-state index contributed by atoms with van der Waals surface area (Å²) in [5.74, 6) is 0.663. The topological polar surface area (TPSA) is 75.6 Å². The molecule has 3 aromatic rings. The summed E-state index contributed by atoms with van der Waals surface area (Å²) in [5, 5.41) is 15.1. The van der Waals surface area contributed by atoms with E-state index in [-0.39, 0.29) is 17.9 Å². The zero-order chi connectivity index (χ0) is 25.7. The van der Waals surface area contributed by atoms with Gasteiger partial charge >= 0.3 is 5.97 Å². The van der Waals surface area contributed by atoms with E-state index in [1.54, 1.807) is 12.1 Å². The van der Waals surface area contributed by atoms with Gasteiger partial charge in [0.2, 0.25) is 0 Å². The Labute approximate surface area is 230 Å². The van der Waals surface area contributed by atoms with Crippen molar-refractivity contribution in [3.63, 3.8) is 0 Å². The van der Waals surface area contributed by atoms with Crippen LogP contribution in [0.3, 0.4) is 0 Å². The highest BCUT2D eigenvalue weighted by Gasteiger charge is 2.57. The van der Waals surface area contributed by atoms with Crippen molar-refractivity contribution in [1.82, 2.24) is 5.32 Å². The molecule has 0 aliphatic heterocycles. The van der Waals surface area contributed by atoms with E-state index in [0.29, 0.717) is 38.4 Å². The molecule has 3 aliphatic carbocycles. The number of fused-ring (bicyclic) bond motifs is 3. The first-order valence-electron chi connectivity index (χ1n) is 13.0. The predicted molar refractivity (Wildman–Crippen MR) is 147 cm³/mol. The van der Waals surface area contributed by atoms with E-state index in [1.807, 2.05) is 30.3 Å².